The largest absolute Gasteiger partial charge is 0.341 e. The van der Waals surface area contributed by atoms with E-state index >= 15 is 0 Å². The molecule has 1 saturated heterocycles. The molecule has 126 valence electrons. The summed E-state index contributed by atoms with van der Waals surface area (Å²) in [4.78, 5) is 28.8. The summed E-state index contributed by atoms with van der Waals surface area (Å²) in [7, 11) is 0. The Balaban J connectivity index is 1.70. The maximum Gasteiger partial charge on any atom is 0.270 e. The molecule has 8 heteroatoms. The number of carbonyl (C=O) groups is 1. The second kappa shape index (κ2) is 6.77. The lowest BCUT2D eigenvalue weighted by Gasteiger charge is -2.30. The lowest BCUT2D eigenvalue weighted by Crippen LogP contribution is -2.40. The third-order valence-electron chi connectivity index (χ3n) is 4.16. The van der Waals surface area contributed by atoms with E-state index in [-0.39, 0.29) is 18.1 Å². The molecule has 24 heavy (non-hydrogen) atoms. The van der Waals surface area contributed by atoms with Gasteiger partial charge in [0.2, 0.25) is 5.91 Å². The van der Waals surface area contributed by atoms with Crippen LogP contribution in [0.15, 0.2) is 30.6 Å². The average Bonchev–Trinajstić information content (AvgIpc) is 3.03. The molecule has 0 unspecified atom stereocenters. The number of nitro groups is 1. The molecular weight excluding hydrogens is 310 g/mol. The first-order valence-corrected chi connectivity index (χ1v) is 7.95. The number of amides is 1. The van der Waals surface area contributed by atoms with Crippen molar-refractivity contribution in [2.45, 2.75) is 26.3 Å². The fraction of sp³-hybridized carbons (Fsp3) is 0.438. The maximum absolute atomic E-state index is 12.4. The monoisotopic (exact) mass is 329 g/mol. The van der Waals surface area contributed by atoms with Crippen LogP contribution in [0.25, 0.3) is 11.4 Å². The standard InChI is InChI=1S/C16H19N5O3/c1-12-4-3-7-19(9-12)15(22)10-20-11-17-16(18-20)13-5-2-6-14(8-13)21(23)24/h2,5-6,8,11-12H,3-4,7,9-10H2,1H3/t12-/m1/s1. The van der Waals surface area contributed by atoms with Gasteiger partial charge in [0.15, 0.2) is 5.82 Å². The highest BCUT2D eigenvalue weighted by Crippen LogP contribution is 2.20. The van der Waals surface area contributed by atoms with Crippen molar-refractivity contribution in [3.8, 4) is 11.4 Å². The van der Waals surface area contributed by atoms with E-state index in [1.165, 1.54) is 23.1 Å². The number of rotatable bonds is 4. The molecule has 0 saturated carbocycles. The topological polar surface area (TPSA) is 94.2 Å². The first-order valence-electron chi connectivity index (χ1n) is 7.95. The van der Waals surface area contributed by atoms with Gasteiger partial charge in [-0.1, -0.05) is 19.1 Å². The Bertz CT molecular complexity index is 758. The zero-order valence-electron chi connectivity index (χ0n) is 13.5. The van der Waals surface area contributed by atoms with Crippen molar-refractivity contribution in [1.29, 1.82) is 0 Å². The quantitative estimate of drug-likeness (QED) is 0.632. The normalized spacial score (nSPS) is 17.7. The van der Waals surface area contributed by atoms with Crippen LogP contribution in [0.4, 0.5) is 5.69 Å². The minimum Gasteiger partial charge on any atom is -0.341 e. The van der Waals surface area contributed by atoms with E-state index in [9.17, 15) is 14.9 Å². The van der Waals surface area contributed by atoms with Gasteiger partial charge in [-0.25, -0.2) is 9.67 Å². The predicted octanol–water partition coefficient (Wildman–Crippen LogP) is 2.11. The maximum atomic E-state index is 12.4. The molecule has 2 aromatic rings. The second-order valence-electron chi connectivity index (χ2n) is 6.16. The Morgan fingerprint density at radius 2 is 2.29 bits per heavy atom. The minimum absolute atomic E-state index is 0.0118. The number of likely N-dealkylation sites (tertiary alicyclic amines) is 1. The van der Waals surface area contributed by atoms with Gasteiger partial charge in [-0.05, 0) is 18.8 Å². The van der Waals surface area contributed by atoms with Crippen LogP contribution in [-0.4, -0.2) is 43.6 Å². The van der Waals surface area contributed by atoms with Gasteiger partial charge in [0.1, 0.15) is 12.9 Å². The van der Waals surface area contributed by atoms with Crippen LogP contribution in [0.1, 0.15) is 19.8 Å². The zero-order valence-corrected chi connectivity index (χ0v) is 13.5. The average molecular weight is 329 g/mol. The molecule has 1 atom stereocenters. The molecule has 1 amide bonds. The van der Waals surface area contributed by atoms with Crippen molar-refractivity contribution in [1.82, 2.24) is 19.7 Å². The van der Waals surface area contributed by atoms with E-state index in [0.29, 0.717) is 17.3 Å². The van der Waals surface area contributed by atoms with Gasteiger partial charge in [0.05, 0.1) is 4.92 Å². The van der Waals surface area contributed by atoms with Crippen LogP contribution in [0, 0.1) is 16.0 Å². The van der Waals surface area contributed by atoms with E-state index < -0.39 is 4.92 Å². The number of nitro benzene ring substituents is 1. The Hall–Kier alpha value is -2.77. The first-order chi connectivity index (χ1) is 11.5. The zero-order chi connectivity index (χ0) is 17.1. The molecule has 0 N–H and O–H groups in total. The van der Waals surface area contributed by atoms with E-state index in [2.05, 4.69) is 17.0 Å². The summed E-state index contributed by atoms with van der Waals surface area (Å²) in [5, 5.41) is 15.1. The molecule has 1 aliphatic heterocycles. The van der Waals surface area contributed by atoms with Crippen molar-refractivity contribution < 1.29 is 9.72 Å². The Kier molecular flexibility index (Phi) is 4.54. The van der Waals surface area contributed by atoms with Crippen molar-refractivity contribution in [3.05, 3.63) is 40.7 Å². The molecule has 1 aromatic carbocycles. The van der Waals surface area contributed by atoms with Gasteiger partial charge in [-0.3, -0.25) is 14.9 Å². The Morgan fingerprint density at radius 3 is 3.04 bits per heavy atom. The van der Waals surface area contributed by atoms with Gasteiger partial charge >= 0.3 is 0 Å². The summed E-state index contributed by atoms with van der Waals surface area (Å²) in [6.07, 6.45) is 3.67. The fourth-order valence-corrected chi connectivity index (χ4v) is 2.92. The summed E-state index contributed by atoms with van der Waals surface area (Å²) in [6.45, 7) is 3.85. The number of hydrogen-bond acceptors (Lipinski definition) is 5. The molecule has 0 radical (unpaired) electrons. The highest BCUT2D eigenvalue weighted by Gasteiger charge is 2.21. The second-order valence-corrected chi connectivity index (χ2v) is 6.16. The number of benzene rings is 1. The highest BCUT2D eigenvalue weighted by atomic mass is 16.6. The minimum atomic E-state index is -0.457. The van der Waals surface area contributed by atoms with E-state index in [1.54, 1.807) is 12.1 Å². The van der Waals surface area contributed by atoms with Gasteiger partial charge in [0, 0.05) is 30.8 Å². The molecule has 3 rings (SSSR count). The summed E-state index contributed by atoms with van der Waals surface area (Å²) in [5.74, 6) is 0.925. The molecule has 0 bridgehead atoms. The van der Waals surface area contributed by atoms with Crippen LogP contribution in [0.5, 0.6) is 0 Å². The first kappa shape index (κ1) is 16.1. The third kappa shape index (κ3) is 3.58. The number of carbonyl (C=O) groups excluding carboxylic acids is 1. The van der Waals surface area contributed by atoms with Crippen molar-refractivity contribution in [3.63, 3.8) is 0 Å². The van der Waals surface area contributed by atoms with Crippen LogP contribution in [-0.2, 0) is 11.3 Å². The van der Waals surface area contributed by atoms with E-state index in [4.69, 9.17) is 0 Å². The van der Waals surface area contributed by atoms with E-state index in [0.717, 1.165) is 25.9 Å². The molecule has 1 aliphatic rings. The van der Waals surface area contributed by atoms with Gasteiger partial charge < -0.3 is 4.90 Å². The number of hydrogen-bond donors (Lipinski definition) is 0. The molecule has 8 nitrogen and oxygen atoms in total. The summed E-state index contributed by atoms with van der Waals surface area (Å²) in [6, 6.07) is 6.14. The number of aromatic nitrogens is 3. The molecule has 1 fully saturated rings. The predicted molar refractivity (Wildman–Crippen MR) is 87.1 cm³/mol. The van der Waals surface area contributed by atoms with Crippen LogP contribution in [0.2, 0.25) is 0 Å². The number of non-ortho nitro benzene ring substituents is 1. The molecule has 2 heterocycles. The van der Waals surface area contributed by atoms with Crippen molar-refractivity contribution in [2.75, 3.05) is 13.1 Å². The lowest BCUT2D eigenvalue weighted by molar-refractivity contribution is -0.384. The Labute approximate surface area is 139 Å². The summed E-state index contributed by atoms with van der Waals surface area (Å²) >= 11 is 0. The Morgan fingerprint density at radius 1 is 1.46 bits per heavy atom. The van der Waals surface area contributed by atoms with Crippen LogP contribution in [0.3, 0.4) is 0 Å². The number of nitrogens with zero attached hydrogens (tertiary/aromatic N) is 5. The number of piperidine rings is 1. The molecule has 0 aliphatic carbocycles. The van der Waals surface area contributed by atoms with Crippen molar-refractivity contribution >= 4 is 11.6 Å². The van der Waals surface area contributed by atoms with Gasteiger partial charge in [0.25, 0.3) is 5.69 Å². The fourth-order valence-electron chi connectivity index (χ4n) is 2.92. The third-order valence-corrected chi connectivity index (χ3v) is 4.16. The van der Waals surface area contributed by atoms with Crippen molar-refractivity contribution in [2.24, 2.45) is 5.92 Å². The molecule has 1 aromatic heterocycles. The summed E-state index contributed by atoms with van der Waals surface area (Å²) in [5.41, 5.74) is 0.546. The SMILES string of the molecule is C[C@@H]1CCCN(C(=O)Cn2cnc(-c3cccc([N+](=O)[O-])c3)n2)C1. The smallest absolute Gasteiger partial charge is 0.270 e. The summed E-state index contributed by atoms with van der Waals surface area (Å²) < 4.78 is 1.48. The van der Waals surface area contributed by atoms with E-state index in [1.807, 2.05) is 4.90 Å². The lowest BCUT2D eigenvalue weighted by atomic mass is 10.0. The highest BCUT2D eigenvalue weighted by molar-refractivity contribution is 5.76. The van der Waals surface area contributed by atoms with Crippen LogP contribution >= 0.6 is 0 Å². The van der Waals surface area contributed by atoms with Gasteiger partial charge in [-0.2, -0.15) is 5.10 Å². The van der Waals surface area contributed by atoms with Crippen LogP contribution < -0.4 is 0 Å². The molecule has 0 spiro atoms. The molecular formula is C16H19N5O3. The van der Waals surface area contributed by atoms with Gasteiger partial charge in [-0.15, -0.1) is 0 Å².